The van der Waals surface area contributed by atoms with E-state index in [9.17, 15) is 4.79 Å². The Labute approximate surface area is 143 Å². The molecule has 0 fully saturated rings. The smallest absolute Gasteiger partial charge is 0.279 e. The van der Waals surface area contributed by atoms with Crippen molar-refractivity contribution in [3.05, 3.63) is 47.8 Å². The van der Waals surface area contributed by atoms with Crippen LogP contribution in [0.15, 0.2) is 36.5 Å². The molecular weight excluding hydrogens is 302 g/mol. The van der Waals surface area contributed by atoms with E-state index < -0.39 is 0 Å². The van der Waals surface area contributed by atoms with Crippen LogP contribution in [0.2, 0.25) is 0 Å². The summed E-state index contributed by atoms with van der Waals surface area (Å²) in [4.78, 5) is 15.1. The molecule has 128 valence electrons. The molecule has 3 rings (SSSR count). The summed E-state index contributed by atoms with van der Waals surface area (Å²) >= 11 is 0. The zero-order valence-electron chi connectivity index (χ0n) is 14.6. The van der Waals surface area contributed by atoms with Gasteiger partial charge in [-0.1, -0.05) is 32.0 Å². The lowest BCUT2D eigenvalue weighted by Gasteiger charge is -2.39. The lowest BCUT2D eigenvalue weighted by molar-refractivity contribution is 0.0958. The van der Waals surface area contributed by atoms with Crippen LogP contribution in [-0.4, -0.2) is 35.4 Å². The van der Waals surface area contributed by atoms with Crippen LogP contribution in [-0.2, 0) is 17.7 Å². The third kappa shape index (κ3) is 3.22. The van der Waals surface area contributed by atoms with E-state index in [2.05, 4.69) is 25.0 Å². The number of carbonyl (C=O) groups excluding carboxylic acids is 1. The number of anilines is 1. The number of aromatic nitrogens is 2. The van der Waals surface area contributed by atoms with Crippen molar-refractivity contribution in [2.45, 2.75) is 39.3 Å². The van der Waals surface area contributed by atoms with Gasteiger partial charge in [-0.25, -0.2) is 0 Å². The number of fused-ring (bicyclic) bond motifs is 1. The molecule has 0 spiro atoms. The maximum absolute atomic E-state index is 13.2. The molecule has 2 heterocycles. The first-order valence-corrected chi connectivity index (χ1v) is 8.55. The van der Waals surface area contributed by atoms with Crippen molar-refractivity contribution < 1.29 is 9.53 Å². The van der Waals surface area contributed by atoms with Crippen molar-refractivity contribution >= 4 is 11.6 Å². The molecule has 24 heavy (non-hydrogen) atoms. The number of benzene rings is 1. The van der Waals surface area contributed by atoms with E-state index in [0.717, 1.165) is 18.5 Å². The fourth-order valence-corrected chi connectivity index (χ4v) is 3.37. The van der Waals surface area contributed by atoms with Crippen molar-refractivity contribution in [3.63, 3.8) is 0 Å². The zero-order valence-corrected chi connectivity index (χ0v) is 14.6. The SMILES string of the molecule is COCCn1ccc(C(=O)N2c3ccccc3CC[C@@H]2C(C)C)n1. The molecule has 1 aromatic carbocycles. The van der Waals surface area contributed by atoms with Crippen LogP contribution >= 0.6 is 0 Å². The summed E-state index contributed by atoms with van der Waals surface area (Å²) in [5.41, 5.74) is 2.76. The minimum Gasteiger partial charge on any atom is -0.383 e. The van der Waals surface area contributed by atoms with Gasteiger partial charge in [0, 0.05) is 25.0 Å². The molecule has 0 N–H and O–H groups in total. The molecule has 1 atom stereocenters. The molecule has 2 aromatic rings. The Balaban J connectivity index is 1.92. The van der Waals surface area contributed by atoms with E-state index in [0.29, 0.717) is 24.8 Å². The summed E-state index contributed by atoms with van der Waals surface area (Å²) in [5, 5.41) is 4.44. The molecule has 0 saturated heterocycles. The lowest BCUT2D eigenvalue weighted by atomic mass is 9.89. The van der Waals surface area contributed by atoms with E-state index in [1.54, 1.807) is 17.9 Å². The topological polar surface area (TPSA) is 47.4 Å². The second-order valence-electron chi connectivity index (χ2n) is 6.61. The monoisotopic (exact) mass is 327 g/mol. The third-order valence-electron chi connectivity index (χ3n) is 4.66. The fraction of sp³-hybridized carbons (Fsp3) is 0.474. The first kappa shape index (κ1) is 16.7. The van der Waals surface area contributed by atoms with Gasteiger partial charge in [0.1, 0.15) is 0 Å². The number of para-hydroxylation sites is 1. The standard InChI is InChI=1S/C19H25N3O2/c1-14(2)17-9-8-15-6-4-5-7-18(15)22(17)19(23)16-10-11-21(20-16)12-13-24-3/h4-7,10-11,14,17H,8-9,12-13H2,1-3H3/t17-/m1/s1. The molecule has 1 aliphatic rings. The molecule has 1 amide bonds. The van der Waals surface area contributed by atoms with Crippen molar-refractivity contribution in [1.82, 2.24) is 9.78 Å². The highest BCUT2D eigenvalue weighted by atomic mass is 16.5. The van der Waals surface area contributed by atoms with Crippen molar-refractivity contribution in [3.8, 4) is 0 Å². The highest BCUT2D eigenvalue weighted by molar-refractivity contribution is 6.06. The fourth-order valence-electron chi connectivity index (χ4n) is 3.37. The average Bonchev–Trinajstić information content (AvgIpc) is 3.07. The predicted octanol–water partition coefficient (Wildman–Crippen LogP) is 3.15. The first-order valence-electron chi connectivity index (χ1n) is 8.55. The molecule has 0 unspecified atom stereocenters. The Kier molecular flexibility index (Phi) is 5.00. The minimum atomic E-state index is -0.0167. The number of aryl methyl sites for hydroxylation is 1. The average molecular weight is 327 g/mol. The van der Waals surface area contributed by atoms with Crippen LogP contribution in [0.25, 0.3) is 0 Å². The van der Waals surface area contributed by atoms with Crippen molar-refractivity contribution in [2.24, 2.45) is 5.92 Å². The minimum absolute atomic E-state index is 0.0167. The second-order valence-corrected chi connectivity index (χ2v) is 6.61. The molecule has 5 nitrogen and oxygen atoms in total. The molecule has 0 bridgehead atoms. The van der Waals surface area contributed by atoms with Gasteiger partial charge in [0.15, 0.2) is 5.69 Å². The zero-order chi connectivity index (χ0) is 17.1. The summed E-state index contributed by atoms with van der Waals surface area (Å²) in [7, 11) is 1.66. The Hall–Kier alpha value is -2.14. The van der Waals surface area contributed by atoms with Crippen LogP contribution in [0.3, 0.4) is 0 Å². The number of amides is 1. The molecular formula is C19H25N3O2. The number of hydrogen-bond acceptors (Lipinski definition) is 3. The summed E-state index contributed by atoms with van der Waals surface area (Å²) in [6, 6.07) is 10.2. The van der Waals surface area contributed by atoms with Gasteiger partial charge in [0.05, 0.1) is 13.2 Å². The van der Waals surface area contributed by atoms with E-state index in [1.165, 1.54) is 5.56 Å². The summed E-state index contributed by atoms with van der Waals surface area (Å²) in [5.74, 6) is 0.384. The van der Waals surface area contributed by atoms with E-state index >= 15 is 0 Å². The maximum Gasteiger partial charge on any atom is 0.279 e. The van der Waals surface area contributed by atoms with Crippen LogP contribution < -0.4 is 4.90 Å². The first-order chi connectivity index (χ1) is 11.6. The molecule has 0 aliphatic carbocycles. The van der Waals surface area contributed by atoms with Crippen LogP contribution in [0.4, 0.5) is 5.69 Å². The maximum atomic E-state index is 13.2. The van der Waals surface area contributed by atoms with Gasteiger partial charge in [0.2, 0.25) is 0 Å². The number of carbonyl (C=O) groups is 1. The Bertz CT molecular complexity index is 708. The molecule has 1 aromatic heterocycles. The third-order valence-corrected chi connectivity index (χ3v) is 4.66. The summed E-state index contributed by atoms with van der Waals surface area (Å²) in [6.45, 7) is 5.58. The van der Waals surface area contributed by atoms with Gasteiger partial charge in [-0.2, -0.15) is 5.10 Å². The van der Waals surface area contributed by atoms with Gasteiger partial charge >= 0.3 is 0 Å². The normalized spacial score (nSPS) is 17.2. The van der Waals surface area contributed by atoms with E-state index in [1.807, 2.05) is 29.3 Å². The Morgan fingerprint density at radius 1 is 1.33 bits per heavy atom. The van der Waals surface area contributed by atoms with Gasteiger partial charge in [-0.3, -0.25) is 9.48 Å². The largest absolute Gasteiger partial charge is 0.383 e. The summed E-state index contributed by atoms with van der Waals surface area (Å²) < 4.78 is 6.83. The van der Waals surface area contributed by atoms with E-state index in [-0.39, 0.29) is 11.9 Å². The van der Waals surface area contributed by atoms with Crippen LogP contribution in [0.5, 0.6) is 0 Å². The number of hydrogen-bond donors (Lipinski definition) is 0. The van der Waals surface area contributed by atoms with Gasteiger partial charge in [-0.05, 0) is 36.5 Å². The number of ether oxygens (including phenoxy) is 1. The lowest BCUT2D eigenvalue weighted by Crippen LogP contribution is -2.46. The Morgan fingerprint density at radius 3 is 2.88 bits per heavy atom. The number of rotatable bonds is 5. The predicted molar refractivity (Wildman–Crippen MR) is 94.3 cm³/mol. The highest BCUT2D eigenvalue weighted by Gasteiger charge is 2.34. The molecule has 0 radical (unpaired) electrons. The molecule has 1 aliphatic heterocycles. The van der Waals surface area contributed by atoms with E-state index in [4.69, 9.17) is 4.74 Å². The molecule has 5 heteroatoms. The van der Waals surface area contributed by atoms with Gasteiger partial charge in [0.25, 0.3) is 5.91 Å². The van der Waals surface area contributed by atoms with Gasteiger partial charge < -0.3 is 9.64 Å². The highest BCUT2D eigenvalue weighted by Crippen LogP contribution is 2.34. The summed E-state index contributed by atoms with van der Waals surface area (Å²) in [6.07, 6.45) is 3.85. The van der Waals surface area contributed by atoms with Crippen molar-refractivity contribution in [1.29, 1.82) is 0 Å². The number of nitrogens with zero attached hydrogens (tertiary/aromatic N) is 3. The second kappa shape index (κ2) is 7.18. The Morgan fingerprint density at radius 2 is 2.12 bits per heavy atom. The van der Waals surface area contributed by atoms with Crippen LogP contribution in [0, 0.1) is 5.92 Å². The van der Waals surface area contributed by atoms with Gasteiger partial charge in [-0.15, -0.1) is 0 Å². The molecule has 0 saturated carbocycles. The van der Waals surface area contributed by atoms with Crippen molar-refractivity contribution in [2.75, 3.05) is 18.6 Å². The number of methoxy groups -OCH3 is 1. The quantitative estimate of drug-likeness (QED) is 0.847. The van der Waals surface area contributed by atoms with Crippen LogP contribution in [0.1, 0.15) is 36.3 Å².